The molecular formula is C92H154CaO14S2. The number of unbranched alkanes of at least 4 members (excludes halogenated alkanes) is 52. The fraction of sp³-hybridized carbons (Fsp3) is 0.739. The first kappa shape index (κ1) is 105. The van der Waals surface area contributed by atoms with Gasteiger partial charge in [-0.25, -0.2) is 36.0 Å². The molecule has 2 rings (SSSR count). The van der Waals surface area contributed by atoms with Gasteiger partial charge < -0.3 is 28.1 Å². The Labute approximate surface area is 696 Å². The van der Waals surface area contributed by atoms with Crippen LogP contribution >= 0.6 is 0 Å². The molecule has 2 aromatic carbocycles. The summed E-state index contributed by atoms with van der Waals surface area (Å²) >= 11 is 0. The van der Waals surface area contributed by atoms with Gasteiger partial charge in [-0.05, 0) is 127 Å². The van der Waals surface area contributed by atoms with E-state index < -0.39 is 65.0 Å². The summed E-state index contributed by atoms with van der Waals surface area (Å²) in [6.45, 7) is 9.20. The third-order valence-corrected chi connectivity index (χ3v) is 21.8. The topological polar surface area (TPSA) is 220 Å². The summed E-state index contributed by atoms with van der Waals surface area (Å²) in [5, 5.41) is 0. The average Bonchev–Trinajstić information content (AvgIpc) is 0.798. The summed E-state index contributed by atoms with van der Waals surface area (Å²) in [5.74, 6) is -3.62. The van der Waals surface area contributed by atoms with E-state index in [2.05, 4.69) is 76.3 Å². The van der Waals surface area contributed by atoms with E-state index in [1.807, 2.05) is 0 Å². The van der Waals surface area contributed by atoms with Crippen molar-refractivity contribution in [3.63, 3.8) is 0 Å². The SMILES string of the molecule is CC/C=C/CCCCCCCCCCCCCCCOC(=O)c1cccc(S(=O)(=O)[O-])c1C(=O)OCCCCCCCCCCCCCCC/C=C/CC.CC/C=C/CCCCCCCCCCCCCCCOC(=O)c1cccc(S(=O)(=O)[O-])c1C(=O)OCCCCCCCCCCCCCCC/C=C/CC.[Ca+2]. The van der Waals surface area contributed by atoms with Crippen LogP contribution in [0, 0.1) is 0 Å². The second-order valence-electron chi connectivity index (χ2n) is 29.9. The van der Waals surface area contributed by atoms with Crippen molar-refractivity contribution in [1.29, 1.82) is 0 Å². The summed E-state index contributed by atoms with van der Waals surface area (Å²) in [6, 6.07) is 7.26. The Bertz CT molecular complexity index is 2670. The molecule has 0 heterocycles. The van der Waals surface area contributed by atoms with Gasteiger partial charge >= 0.3 is 61.6 Å². The van der Waals surface area contributed by atoms with Crippen LogP contribution in [0.1, 0.15) is 454 Å². The summed E-state index contributed by atoms with van der Waals surface area (Å²) < 4.78 is 93.5. The van der Waals surface area contributed by atoms with Gasteiger partial charge in [0, 0.05) is 0 Å². The predicted molar refractivity (Wildman–Crippen MR) is 452 cm³/mol. The molecule has 0 aliphatic heterocycles. The largest absolute Gasteiger partial charge is 2.00 e. The van der Waals surface area contributed by atoms with Gasteiger partial charge in [-0.2, -0.15) is 0 Å². The Hall–Kier alpha value is -3.64. The zero-order valence-corrected chi connectivity index (χ0v) is 73.4. The van der Waals surface area contributed by atoms with Crippen LogP contribution in [0.25, 0.3) is 0 Å². The molecule has 17 heteroatoms. The summed E-state index contributed by atoms with van der Waals surface area (Å²) in [4.78, 5) is 50.4. The van der Waals surface area contributed by atoms with Crippen LogP contribution in [0.3, 0.4) is 0 Å². The number of hydrogen-bond donors (Lipinski definition) is 0. The molecule has 0 aliphatic rings. The molecule has 109 heavy (non-hydrogen) atoms. The molecule has 0 aromatic heterocycles. The van der Waals surface area contributed by atoms with Crippen LogP contribution in [-0.4, -0.2) is 114 Å². The maximum atomic E-state index is 13.0. The number of esters is 4. The molecule has 0 aliphatic carbocycles. The van der Waals surface area contributed by atoms with Gasteiger partial charge in [0.05, 0.1) is 58.5 Å². The van der Waals surface area contributed by atoms with Crippen LogP contribution in [0.2, 0.25) is 0 Å². The molecule has 0 amide bonds. The van der Waals surface area contributed by atoms with Crippen molar-refractivity contribution in [3.05, 3.63) is 107 Å². The van der Waals surface area contributed by atoms with Crippen LogP contribution in [0.15, 0.2) is 94.8 Å². The maximum Gasteiger partial charge on any atom is 2.00 e. The maximum absolute atomic E-state index is 13.0. The number of hydrogen-bond acceptors (Lipinski definition) is 14. The van der Waals surface area contributed by atoms with Gasteiger partial charge in [-0.15, -0.1) is 0 Å². The fourth-order valence-electron chi connectivity index (χ4n) is 13.6. The van der Waals surface area contributed by atoms with Crippen molar-refractivity contribution < 1.29 is 64.1 Å². The zero-order valence-electron chi connectivity index (χ0n) is 69.6. The Kier molecular flexibility index (Phi) is 74.4. The molecule has 0 N–H and O–H groups in total. The molecule has 0 atom stereocenters. The molecule has 0 unspecified atom stereocenters. The van der Waals surface area contributed by atoms with Gasteiger partial charge in [0.2, 0.25) is 0 Å². The van der Waals surface area contributed by atoms with E-state index in [0.717, 1.165) is 115 Å². The van der Waals surface area contributed by atoms with Crippen LogP contribution < -0.4 is 0 Å². The molecule has 0 bridgehead atoms. The monoisotopic (exact) mass is 1590 g/mol. The van der Waals surface area contributed by atoms with E-state index in [1.54, 1.807) is 0 Å². The molecule has 0 spiro atoms. The predicted octanol–water partition coefficient (Wildman–Crippen LogP) is 27.1. The summed E-state index contributed by atoms with van der Waals surface area (Å²) in [6.07, 6.45) is 89.4. The van der Waals surface area contributed by atoms with Crippen molar-refractivity contribution in [2.45, 2.75) is 423 Å². The van der Waals surface area contributed by atoms with E-state index in [-0.39, 0.29) is 75.3 Å². The number of carbonyl (C=O) groups excluding carboxylic acids is 4. The minimum absolute atomic E-state index is 0. The van der Waals surface area contributed by atoms with E-state index in [1.165, 1.54) is 281 Å². The molecule has 14 nitrogen and oxygen atoms in total. The molecule has 2 aromatic rings. The molecule has 0 saturated heterocycles. The smallest absolute Gasteiger partial charge is 0.744 e. The van der Waals surface area contributed by atoms with Gasteiger partial charge in [0.15, 0.2) is 0 Å². The second kappa shape index (κ2) is 77.0. The normalized spacial score (nSPS) is 11.8. The van der Waals surface area contributed by atoms with Gasteiger partial charge in [-0.1, -0.05) is 371 Å². The Morgan fingerprint density at radius 3 is 0.596 bits per heavy atom. The molecule has 0 saturated carbocycles. The quantitative estimate of drug-likeness (QED) is 0.0150. The van der Waals surface area contributed by atoms with Gasteiger partial charge in [0.25, 0.3) is 0 Å². The summed E-state index contributed by atoms with van der Waals surface area (Å²) in [5.41, 5.74) is -1.55. The number of allylic oxidation sites excluding steroid dienone is 8. The Morgan fingerprint density at radius 2 is 0.422 bits per heavy atom. The minimum atomic E-state index is -5.01. The summed E-state index contributed by atoms with van der Waals surface area (Å²) in [7, 11) is -10.0. The first-order valence-electron chi connectivity index (χ1n) is 44.1. The van der Waals surface area contributed by atoms with E-state index >= 15 is 0 Å². The van der Waals surface area contributed by atoms with Crippen molar-refractivity contribution in [2.24, 2.45) is 0 Å². The van der Waals surface area contributed by atoms with Crippen molar-refractivity contribution >= 4 is 81.9 Å². The van der Waals surface area contributed by atoms with Crippen LogP contribution in [-0.2, 0) is 39.2 Å². The van der Waals surface area contributed by atoms with E-state index in [9.17, 15) is 45.1 Å². The third kappa shape index (κ3) is 62.4. The van der Waals surface area contributed by atoms with Crippen molar-refractivity contribution in [3.8, 4) is 0 Å². The standard InChI is InChI=1S/2C46H78O7S.Ca/c2*1-3-5-7-9-11-13-15-17-19-21-23-25-27-29-31-33-35-40-52-45(47)42-38-37-39-43(54(49,50)51)44(42)46(48)53-41-36-34-32-30-28-26-24-22-20-18-16-14-12-10-8-6-4-2;/h2*5-8,37-39H,3-4,9-36,40-41H2,1-2H3,(H,49,50,51);/q;;+2/p-2/b2*7-5+,8-6+;. The average molecular weight is 1590 g/mol. The Morgan fingerprint density at radius 1 is 0.257 bits per heavy atom. The van der Waals surface area contributed by atoms with Crippen molar-refractivity contribution in [1.82, 2.24) is 0 Å². The molecule has 0 radical (unpaired) electrons. The number of carbonyl (C=O) groups is 4. The first-order chi connectivity index (χ1) is 52.6. The molecule has 0 fully saturated rings. The molecule has 620 valence electrons. The molecular weight excluding hydrogens is 1430 g/mol. The van der Waals surface area contributed by atoms with Gasteiger partial charge in [0.1, 0.15) is 20.2 Å². The van der Waals surface area contributed by atoms with Gasteiger partial charge in [-0.3, -0.25) is 0 Å². The zero-order chi connectivity index (χ0) is 78.8. The number of ether oxygens (including phenoxy) is 4. The van der Waals surface area contributed by atoms with Crippen LogP contribution in [0.4, 0.5) is 0 Å². The van der Waals surface area contributed by atoms with E-state index in [0.29, 0.717) is 25.7 Å². The fourth-order valence-corrected chi connectivity index (χ4v) is 14.9. The minimum Gasteiger partial charge on any atom is -0.744 e. The number of rotatable bonds is 74. The van der Waals surface area contributed by atoms with Crippen LogP contribution in [0.5, 0.6) is 0 Å². The third-order valence-electron chi connectivity index (χ3n) is 20.0. The number of benzene rings is 2. The first-order valence-corrected chi connectivity index (χ1v) is 46.9. The Balaban J connectivity index is 0.00000212. The van der Waals surface area contributed by atoms with Crippen molar-refractivity contribution in [2.75, 3.05) is 26.4 Å². The second-order valence-corrected chi connectivity index (χ2v) is 32.6. The van der Waals surface area contributed by atoms with E-state index in [4.69, 9.17) is 18.9 Å².